The highest BCUT2D eigenvalue weighted by atomic mass is 16.5. The topological polar surface area (TPSA) is 56.6 Å². The third kappa shape index (κ3) is 3.57. The van der Waals surface area contributed by atoms with E-state index in [1.807, 2.05) is 35.2 Å². The van der Waals surface area contributed by atoms with Gasteiger partial charge in [0, 0.05) is 18.1 Å². The number of piperidine rings is 2. The van der Waals surface area contributed by atoms with Gasteiger partial charge in [0.2, 0.25) is 0 Å². The summed E-state index contributed by atoms with van der Waals surface area (Å²) >= 11 is 0. The van der Waals surface area contributed by atoms with E-state index in [2.05, 4.69) is 11.1 Å². The second-order valence-corrected chi connectivity index (χ2v) is 7.92. The van der Waals surface area contributed by atoms with Crippen LogP contribution in [0.1, 0.15) is 44.1 Å². The third-order valence-electron chi connectivity index (χ3n) is 6.43. The van der Waals surface area contributed by atoms with Crippen LogP contribution in [-0.4, -0.2) is 47.0 Å². The maximum Gasteiger partial charge on any atom is 0.309 e. The van der Waals surface area contributed by atoms with Crippen molar-refractivity contribution in [3.05, 3.63) is 35.9 Å². The zero-order valence-corrected chi connectivity index (χ0v) is 15.2. The van der Waals surface area contributed by atoms with Crippen LogP contribution in [0.5, 0.6) is 0 Å². The van der Waals surface area contributed by atoms with Gasteiger partial charge in [-0.25, -0.2) is 0 Å². The minimum Gasteiger partial charge on any atom is -0.461 e. The predicted molar refractivity (Wildman–Crippen MR) is 97.8 cm³/mol. The highest BCUT2D eigenvalue weighted by Gasteiger charge is 2.43. The second-order valence-electron chi connectivity index (χ2n) is 7.92. The molecule has 0 spiro atoms. The summed E-state index contributed by atoms with van der Waals surface area (Å²) in [4.78, 5) is 17.0. The monoisotopic (exact) mass is 353 g/mol. The average Bonchev–Trinajstić information content (AvgIpc) is 2.94. The molecule has 1 aromatic rings. The fourth-order valence-electron chi connectivity index (χ4n) is 4.96. The molecule has 2 unspecified atom stereocenters. The summed E-state index contributed by atoms with van der Waals surface area (Å²) in [5, 5.41) is 9.31. The molecule has 26 heavy (non-hydrogen) atoms. The van der Waals surface area contributed by atoms with Gasteiger partial charge in [-0.1, -0.05) is 30.3 Å². The Morgan fingerprint density at radius 1 is 1.04 bits per heavy atom. The molecular formula is C21H27N3O2. The van der Waals surface area contributed by atoms with Crippen molar-refractivity contribution in [1.82, 2.24) is 9.80 Å². The summed E-state index contributed by atoms with van der Waals surface area (Å²) in [6.45, 7) is 2.32. The van der Waals surface area contributed by atoms with Crippen LogP contribution in [0.2, 0.25) is 0 Å². The summed E-state index contributed by atoms with van der Waals surface area (Å²) in [5.74, 6) is -0.0150. The van der Waals surface area contributed by atoms with Gasteiger partial charge < -0.3 is 14.5 Å². The Labute approximate surface area is 155 Å². The zero-order chi connectivity index (χ0) is 17.9. The van der Waals surface area contributed by atoms with Crippen LogP contribution < -0.4 is 0 Å². The van der Waals surface area contributed by atoms with Gasteiger partial charge in [-0.15, -0.1) is 0 Å². The van der Waals surface area contributed by atoms with Gasteiger partial charge in [0.05, 0.1) is 5.92 Å². The van der Waals surface area contributed by atoms with E-state index in [4.69, 9.17) is 4.74 Å². The summed E-state index contributed by atoms with van der Waals surface area (Å²) in [7, 11) is 0. The Balaban J connectivity index is 1.24. The number of hydrogen-bond acceptors (Lipinski definition) is 5. The predicted octanol–water partition coefficient (Wildman–Crippen LogP) is 2.92. The van der Waals surface area contributed by atoms with Crippen molar-refractivity contribution in [3.8, 4) is 6.19 Å². The first-order valence-corrected chi connectivity index (χ1v) is 9.87. The van der Waals surface area contributed by atoms with Crippen LogP contribution in [0.25, 0.3) is 0 Å². The largest absolute Gasteiger partial charge is 0.461 e. The molecule has 0 amide bonds. The maximum atomic E-state index is 12.4. The standard InChI is InChI=1S/C21H27N3O2/c22-15-24-18-6-7-19(24)13-20(12-18)23-10-8-17(9-11-23)21(25)26-14-16-4-2-1-3-5-16/h1-5,17-20H,6-14H2/t18-,19?,20?/m0/s1. The van der Waals surface area contributed by atoms with E-state index in [1.54, 1.807) is 0 Å². The fraction of sp³-hybridized carbons (Fsp3) is 0.619. The Bertz CT molecular complexity index is 650. The minimum absolute atomic E-state index is 0.0332. The van der Waals surface area contributed by atoms with Crippen molar-refractivity contribution in [1.29, 1.82) is 5.26 Å². The van der Waals surface area contributed by atoms with Gasteiger partial charge in [0.1, 0.15) is 6.61 Å². The molecule has 0 N–H and O–H groups in total. The molecule has 0 saturated carbocycles. The van der Waals surface area contributed by atoms with Gasteiger partial charge in [0.25, 0.3) is 0 Å². The summed E-state index contributed by atoms with van der Waals surface area (Å²) in [6.07, 6.45) is 8.71. The molecule has 3 fully saturated rings. The molecule has 1 aromatic carbocycles. The van der Waals surface area contributed by atoms with Gasteiger partial charge in [-0.05, 0) is 57.2 Å². The molecule has 0 aromatic heterocycles. The quantitative estimate of drug-likeness (QED) is 0.615. The molecule has 3 aliphatic rings. The zero-order valence-electron chi connectivity index (χ0n) is 15.2. The van der Waals surface area contributed by atoms with Crippen molar-refractivity contribution >= 4 is 5.97 Å². The molecule has 2 bridgehead atoms. The van der Waals surface area contributed by atoms with Crippen molar-refractivity contribution in [2.75, 3.05) is 13.1 Å². The number of rotatable bonds is 4. The lowest BCUT2D eigenvalue weighted by Gasteiger charge is -2.43. The van der Waals surface area contributed by atoms with Crippen molar-refractivity contribution in [2.45, 2.75) is 63.3 Å². The number of benzene rings is 1. The number of fused-ring (bicyclic) bond motifs is 2. The van der Waals surface area contributed by atoms with Crippen molar-refractivity contribution in [2.24, 2.45) is 5.92 Å². The molecule has 138 valence electrons. The molecule has 5 heteroatoms. The minimum atomic E-state index is -0.0483. The SMILES string of the molecule is N#CN1C2CC[C@H]1CC(N1CCC(C(=O)OCc3ccccc3)CC1)C2. The van der Waals surface area contributed by atoms with Gasteiger partial charge in [-0.2, -0.15) is 5.26 Å². The molecule has 4 rings (SSSR count). The highest BCUT2D eigenvalue weighted by molar-refractivity contribution is 5.72. The van der Waals surface area contributed by atoms with Crippen LogP contribution in [0.15, 0.2) is 30.3 Å². The number of ether oxygens (including phenoxy) is 1. The van der Waals surface area contributed by atoms with E-state index in [9.17, 15) is 10.1 Å². The third-order valence-corrected chi connectivity index (χ3v) is 6.43. The first kappa shape index (κ1) is 17.4. The maximum absolute atomic E-state index is 12.4. The Hall–Kier alpha value is -2.06. The van der Waals surface area contributed by atoms with E-state index in [-0.39, 0.29) is 11.9 Å². The number of hydrogen-bond donors (Lipinski definition) is 0. The molecular weight excluding hydrogens is 326 g/mol. The van der Waals surface area contributed by atoms with Crippen LogP contribution >= 0.6 is 0 Å². The van der Waals surface area contributed by atoms with Crippen LogP contribution in [0.3, 0.4) is 0 Å². The number of likely N-dealkylation sites (tertiary alicyclic amines) is 1. The molecule has 5 nitrogen and oxygen atoms in total. The van der Waals surface area contributed by atoms with Crippen molar-refractivity contribution in [3.63, 3.8) is 0 Å². The summed E-state index contributed by atoms with van der Waals surface area (Å²) in [6, 6.07) is 11.3. The Kier molecular flexibility index (Phi) is 5.12. The van der Waals surface area contributed by atoms with Crippen LogP contribution in [0, 0.1) is 17.4 Å². The Morgan fingerprint density at radius 3 is 2.31 bits per heavy atom. The highest BCUT2D eigenvalue weighted by Crippen LogP contribution is 2.38. The number of carbonyl (C=O) groups excluding carboxylic acids is 1. The van der Waals surface area contributed by atoms with Crippen molar-refractivity contribution < 1.29 is 9.53 Å². The van der Waals surface area contributed by atoms with Crippen LogP contribution in [-0.2, 0) is 16.1 Å². The lowest BCUT2D eigenvalue weighted by atomic mass is 9.91. The molecule has 3 atom stereocenters. The van der Waals surface area contributed by atoms with E-state index >= 15 is 0 Å². The van der Waals surface area contributed by atoms with Gasteiger partial charge in [-0.3, -0.25) is 4.79 Å². The fourth-order valence-corrected chi connectivity index (χ4v) is 4.96. The summed E-state index contributed by atoms with van der Waals surface area (Å²) in [5.41, 5.74) is 1.04. The average molecular weight is 353 g/mol. The lowest BCUT2D eigenvalue weighted by Crippen LogP contribution is -2.51. The first-order chi connectivity index (χ1) is 12.7. The Morgan fingerprint density at radius 2 is 1.69 bits per heavy atom. The van der Waals surface area contributed by atoms with E-state index in [1.165, 1.54) is 0 Å². The molecule has 0 radical (unpaired) electrons. The second kappa shape index (κ2) is 7.67. The molecule has 0 aliphatic carbocycles. The number of esters is 1. The van der Waals surface area contributed by atoms with E-state index < -0.39 is 0 Å². The van der Waals surface area contributed by atoms with E-state index in [0.717, 1.165) is 57.2 Å². The molecule has 3 aliphatic heterocycles. The number of nitrogens with zero attached hydrogens (tertiary/aromatic N) is 3. The molecule has 3 heterocycles. The number of nitriles is 1. The van der Waals surface area contributed by atoms with E-state index in [0.29, 0.717) is 24.7 Å². The first-order valence-electron chi connectivity index (χ1n) is 9.87. The normalized spacial score (nSPS) is 29.3. The summed E-state index contributed by atoms with van der Waals surface area (Å²) < 4.78 is 5.52. The smallest absolute Gasteiger partial charge is 0.309 e. The lowest BCUT2D eigenvalue weighted by molar-refractivity contribution is -0.151. The number of carbonyl (C=O) groups is 1. The van der Waals surface area contributed by atoms with Gasteiger partial charge >= 0.3 is 5.97 Å². The van der Waals surface area contributed by atoms with Gasteiger partial charge in [0.15, 0.2) is 6.19 Å². The molecule has 3 saturated heterocycles. The van der Waals surface area contributed by atoms with Crippen LogP contribution in [0.4, 0.5) is 0 Å².